The third-order valence-corrected chi connectivity index (χ3v) is 4.02. The zero-order valence-corrected chi connectivity index (χ0v) is 11.5. The summed E-state index contributed by atoms with van der Waals surface area (Å²) < 4.78 is 10.8. The lowest BCUT2D eigenvalue weighted by molar-refractivity contribution is 0.174. The van der Waals surface area contributed by atoms with Crippen LogP contribution in [0.5, 0.6) is 11.5 Å². The van der Waals surface area contributed by atoms with Crippen molar-refractivity contribution in [2.24, 2.45) is 0 Å². The van der Waals surface area contributed by atoms with Crippen LogP contribution >= 0.6 is 0 Å². The molecule has 0 aliphatic carbocycles. The van der Waals surface area contributed by atoms with Crippen LogP contribution in [0, 0.1) is 0 Å². The second-order valence-corrected chi connectivity index (χ2v) is 5.41. The first kappa shape index (κ1) is 12.5. The van der Waals surface area contributed by atoms with Gasteiger partial charge in [-0.05, 0) is 41.8 Å². The average molecular weight is 283 g/mol. The molecule has 2 aliphatic heterocycles. The molecule has 0 saturated carbocycles. The van der Waals surface area contributed by atoms with Crippen LogP contribution in [-0.4, -0.2) is 6.79 Å². The number of fused-ring (bicyclic) bond motifs is 1. The first-order valence-electron chi connectivity index (χ1n) is 7.05. The Balaban J connectivity index is 1.54. The van der Waals surface area contributed by atoms with Gasteiger partial charge in [0.2, 0.25) is 6.79 Å². The van der Waals surface area contributed by atoms with E-state index >= 15 is 0 Å². The molecular weight excluding hydrogens is 266 g/mol. The van der Waals surface area contributed by atoms with Crippen molar-refractivity contribution < 1.29 is 9.47 Å². The summed E-state index contributed by atoms with van der Waals surface area (Å²) in [5.41, 5.74) is 15.7. The Morgan fingerprint density at radius 2 is 1.67 bits per heavy atom. The molecule has 4 N–H and O–H groups in total. The molecule has 0 amide bonds. The smallest absolute Gasteiger partial charge is 0.231 e. The van der Waals surface area contributed by atoms with Crippen molar-refractivity contribution in [3.8, 4) is 11.5 Å². The number of ether oxygens (including phenoxy) is 2. The highest BCUT2D eigenvalue weighted by atomic mass is 16.7. The lowest BCUT2D eigenvalue weighted by Gasteiger charge is -2.11. The van der Waals surface area contributed by atoms with Crippen molar-refractivity contribution in [2.45, 2.75) is 18.5 Å². The highest BCUT2D eigenvalue weighted by molar-refractivity contribution is 5.46. The third-order valence-electron chi connectivity index (χ3n) is 4.02. The van der Waals surface area contributed by atoms with E-state index in [4.69, 9.17) is 15.2 Å². The maximum atomic E-state index is 5.85. The molecule has 0 aromatic heterocycles. The number of nitrogen functional groups attached to an aromatic ring is 1. The van der Waals surface area contributed by atoms with Gasteiger partial charge in [-0.15, -0.1) is 0 Å². The van der Waals surface area contributed by atoms with E-state index in [-0.39, 0.29) is 12.1 Å². The zero-order valence-electron chi connectivity index (χ0n) is 11.5. The van der Waals surface area contributed by atoms with Gasteiger partial charge < -0.3 is 15.2 Å². The van der Waals surface area contributed by atoms with Crippen molar-refractivity contribution in [1.82, 2.24) is 10.9 Å². The van der Waals surface area contributed by atoms with E-state index in [0.29, 0.717) is 6.79 Å². The minimum absolute atomic E-state index is 0.242. The minimum atomic E-state index is 0.242. The van der Waals surface area contributed by atoms with Gasteiger partial charge in [0.15, 0.2) is 11.5 Å². The molecule has 108 valence electrons. The van der Waals surface area contributed by atoms with Crippen LogP contribution in [-0.2, 0) is 0 Å². The largest absolute Gasteiger partial charge is 0.454 e. The van der Waals surface area contributed by atoms with Gasteiger partial charge in [0.1, 0.15) is 0 Å². The molecule has 1 saturated heterocycles. The molecule has 2 aliphatic rings. The molecule has 0 spiro atoms. The predicted octanol–water partition coefficient (Wildman–Crippen LogP) is 2.28. The van der Waals surface area contributed by atoms with E-state index in [9.17, 15) is 0 Å². The Morgan fingerprint density at radius 1 is 0.905 bits per heavy atom. The second kappa shape index (κ2) is 4.95. The van der Waals surface area contributed by atoms with Crippen molar-refractivity contribution in [3.05, 3.63) is 53.6 Å². The van der Waals surface area contributed by atoms with E-state index in [0.717, 1.165) is 23.6 Å². The van der Waals surface area contributed by atoms with Crippen LogP contribution in [0.1, 0.15) is 29.6 Å². The number of hydrazine groups is 1. The zero-order chi connectivity index (χ0) is 14.2. The molecule has 2 aromatic carbocycles. The number of anilines is 1. The van der Waals surface area contributed by atoms with E-state index in [1.165, 1.54) is 11.1 Å². The molecular formula is C16H17N3O2. The van der Waals surface area contributed by atoms with Gasteiger partial charge >= 0.3 is 0 Å². The number of nitrogens with one attached hydrogen (secondary N) is 2. The summed E-state index contributed by atoms with van der Waals surface area (Å²) in [6.45, 7) is 0.307. The first-order chi connectivity index (χ1) is 10.3. The summed E-state index contributed by atoms with van der Waals surface area (Å²) in [6, 6.07) is 14.6. The van der Waals surface area contributed by atoms with Gasteiger partial charge in [0, 0.05) is 17.8 Å². The number of hydrogen-bond donors (Lipinski definition) is 3. The number of benzene rings is 2. The van der Waals surface area contributed by atoms with Crippen LogP contribution in [0.15, 0.2) is 42.5 Å². The minimum Gasteiger partial charge on any atom is -0.454 e. The van der Waals surface area contributed by atoms with Crippen LogP contribution in [0.25, 0.3) is 0 Å². The van der Waals surface area contributed by atoms with Crippen molar-refractivity contribution >= 4 is 5.69 Å². The van der Waals surface area contributed by atoms with Crippen molar-refractivity contribution in [1.29, 1.82) is 0 Å². The molecule has 0 bridgehead atoms. The van der Waals surface area contributed by atoms with Gasteiger partial charge in [0.25, 0.3) is 0 Å². The quantitative estimate of drug-likeness (QED) is 0.738. The van der Waals surface area contributed by atoms with Crippen LogP contribution in [0.3, 0.4) is 0 Å². The summed E-state index contributed by atoms with van der Waals surface area (Å²) in [6.07, 6.45) is 0.961. The second-order valence-electron chi connectivity index (χ2n) is 5.41. The molecule has 2 heterocycles. The first-order valence-corrected chi connectivity index (χ1v) is 7.05. The molecule has 2 unspecified atom stereocenters. The lowest BCUT2D eigenvalue weighted by atomic mass is 9.97. The monoisotopic (exact) mass is 283 g/mol. The SMILES string of the molecule is Nc1cccc(C2CC(c3ccc4c(c3)OCO4)NN2)c1. The van der Waals surface area contributed by atoms with Gasteiger partial charge in [0.05, 0.1) is 0 Å². The summed E-state index contributed by atoms with van der Waals surface area (Å²) in [7, 11) is 0. The summed E-state index contributed by atoms with van der Waals surface area (Å²) in [4.78, 5) is 0. The van der Waals surface area contributed by atoms with E-state index < -0.39 is 0 Å². The number of rotatable bonds is 2. The average Bonchev–Trinajstić information content (AvgIpc) is 3.15. The van der Waals surface area contributed by atoms with Gasteiger partial charge in [-0.25, -0.2) is 10.9 Å². The fourth-order valence-electron chi connectivity index (χ4n) is 2.90. The summed E-state index contributed by atoms with van der Waals surface area (Å²) in [5, 5.41) is 0. The maximum absolute atomic E-state index is 5.85. The maximum Gasteiger partial charge on any atom is 0.231 e. The molecule has 2 aromatic rings. The number of hydrogen-bond acceptors (Lipinski definition) is 5. The fraction of sp³-hybridized carbons (Fsp3) is 0.250. The molecule has 0 radical (unpaired) electrons. The van der Waals surface area contributed by atoms with E-state index in [2.05, 4.69) is 23.0 Å². The molecule has 21 heavy (non-hydrogen) atoms. The van der Waals surface area contributed by atoms with Crippen LogP contribution in [0.4, 0.5) is 5.69 Å². The third kappa shape index (κ3) is 2.30. The standard InChI is InChI=1S/C16H17N3O2/c17-12-3-1-2-10(6-12)13-8-14(19-18-13)11-4-5-15-16(7-11)21-9-20-15/h1-7,13-14,18-19H,8-9,17H2. The Morgan fingerprint density at radius 3 is 2.48 bits per heavy atom. The Bertz CT molecular complexity index is 674. The predicted molar refractivity (Wildman–Crippen MR) is 79.8 cm³/mol. The van der Waals surface area contributed by atoms with Gasteiger partial charge in [-0.1, -0.05) is 18.2 Å². The van der Waals surface area contributed by atoms with Crippen molar-refractivity contribution in [2.75, 3.05) is 12.5 Å². The lowest BCUT2D eigenvalue weighted by Crippen LogP contribution is -2.26. The van der Waals surface area contributed by atoms with Gasteiger partial charge in [-0.2, -0.15) is 0 Å². The van der Waals surface area contributed by atoms with Crippen molar-refractivity contribution in [3.63, 3.8) is 0 Å². The molecule has 5 nitrogen and oxygen atoms in total. The summed E-state index contributed by atoms with van der Waals surface area (Å²) >= 11 is 0. The highest BCUT2D eigenvalue weighted by Crippen LogP contribution is 2.37. The normalized spacial score (nSPS) is 23.4. The van der Waals surface area contributed by atoms with E-state index in [1.807, 2.05) is 30.3 Å². The molecule has 1 fully saturated rings. The molecule has 4 rings (SSSR count). The highest BCUT2D eigenvalue weighted by Gasteiger charge is 2.27. The molecule has 5 heteroatoms. The Hall–Kier alpha value is -2.24. The summed E-state index contributed by atoms with van der Waals surface area (Å²) in [5.74, 6) is 1.64. The van der Waals surface area contributed by atoms with Gasteiger partial charge in [-0.3, -0.25) is 0 Å². The topological polar surface area (TPSA) is 68.5 Å². The Kier molecular flexibility index (Phi) is 2.94. The fourth-order valence-corrected chi connectivity index (χ4v) is 2.90. The van der Waals surface area contributed by atoms with Crippen LogP contribution < -0.4 is 26.1 Å². The number of nitrogens with two attached hydrogens (primary N) is 1. The molecule has 2 atom stereocenters. The van der Waals surface area contributed by atoms with E-state index in [1.54, 1.807) is 0 Å². The van der Waals surface area contributed by atoms with Crippen LogP contribution in [0.2, 0.25) is 0 Å². The Labute approximate surface area is 123 Å².